The van der Waals surface area contributed by atoms with E-state index in [-0.39, 0.29) is 6.04 Å². The molecule has 0 saturated carbocycles. The Morgan fingerprint density at radius 1 is 1.62 bits per heavy atom. The first kappa shape index (κ1) is 13.0. The summed E-state index contributed by atoms with van der Waals surface area (Å²) < 4.78 is 5.11. The van der Waals surface area contributed by atoms with Crippen molar-refractivity contribution in [2.75, 3.05) is 25.2 Å². The maximum absolute atomic E-state index is 10.8. The summed E-state index contributed by atoms with van der Waals surface area (Å²) in [5, 5.41) is 9.84. The molecule has 16 heavy (non-hydrogen) atoms. The van der Waals surface area contributed by atoms with Crippen molar-refractivity contribution < 1.29 is 14.6 Å². The van der Waals surface area contributed by atoms with E-state index < -0.39 is 5.97 Å². The van der Waals surface area contributed by atoms with E-state index in [9.17, 15) is 4.79 Å². The van der Waals surface area contributed by atoms with Crippen LogP contribution in [0.5, 0.6) is 0 Å². The summed E-state index contributed by atoms with van der Waals surface area (Å²) in [4.78, 5) is 13.3. The largest absolute Gasteiger partial charge is 0.477 e. The number of carboxylic acid groups (broad SMARTS) is 1. The zero-order valence-electron chi connectivity index (χ0n) is 9.77. The first-order chi connectivity index (χ1) is 7.60. The van der Waals surface area contributed by atoms with Crippen LogP contribution in [0.4, 0.5) is 5.00 Å². The minimum Gasteiger partial charge on any atom is -0.477 e. The molecule has 4 nitrogen and oxygen atoms in total. The number of hydrogen-bond donors (Lipinski definition) is 1. The molecular weight excluding hydrogens is 226 g/mol. The van der Waals surface area contributed by atoms with Crippen LogP contribution in [0.15, 0.2) is 12.1 Å². The third kappa shape index (κ3) is 2.96. The van der Waals surface area contributed by atoms with Crippen LogP contribution >= 0.6 is 11.3 Å². The monoisotopic (exact) mass is 243 g/mol. The van der Waals surface area contributed by atoms with Gasteiger partial charge in [-0.3, -0.25) is 0 Å². The number of hydrogen-bond acceptors (Lipinski definition) is 4. The number of anilines is 1. The predicted molar refractivity (Wildman–Crippen MR) is 65.6 cm³/mol. The van der Waals surface area contributed by atoms with Crippen molar-refractivity contribution in [2.24, 2.45) is 0 Å². The molecule has 1 aromatic heterocycles. The second-order valence-electron chi connectivity index (χ2n) is 3.53. The smallest absolute Gasteiger partial charge is 0.345 e. The lowest BCUT2D eigenvalue weighted by atomic mass is 10.3. The number of rotatable bonds is 6. The fraction of sp³-hybridized carbons (Fsp3) is 0.545. The van der Waals surface area contributed by atoms with E-state index in [1.54, 1.807) is 13.2 Å². The summed E-state index contributed by atoms with van der Waals surface area (Å²) >= 11 is 1.30. The molecule has 1 unspecified atom stereocenters. The average molecular weight is 243 g/mol. The van der Waals surface area contributed by atoms with Crippen molar-refractivity contribution in [3.05, 3.63) is 17.0 Å². The molecule has 0 spiro atoms. The van der Waals surface area contributed by atoms with E-state index in [0.717, 1.165) is 11.5 Å². The first-order valence-electron chi connectivity index (χ1n) is 5.18. The summed E-state index contributed by atoms with van der Waals surface area (Å²) in [6.45, 7) is 5.58. The van der Waals surface area contributed by atoms with Crippen LogP contribution in [0.1, 0.15) is 23.5 Å². The average Bonchev–Trinajstić information content (AvgIpc) is 2.68. The van der Waals surface area contributed by atoms with Crippen LogP contribution < -0.4 is 4.90 Å². The lowest BCUT2D eigenvalue weighted by Crippen LogP contribution is -2.35. The van der Waals surface area contributed by atoms with Gasteiger partial charge in [0.15, 0.2) is 0 Å². The van der Waals surface area contributed by atoms with Crippen LogP contribution in [0.2, 0.25) is 0 Å². The van der Waals surface area contributed by atoms with Crippen molar-refractivity contribution in [2.45, 2.75) is 19.9 Å². The van der Waals surface area contributed by atoms with Crippen LogP contribution in [0, 0.1) is 0 Å². The Bertz CT molecular complexity index is 351. The lowest BCUT2D eigenvalue weighted by Gasteiger charge is -2.28. The molecular formula is C11H17NO3S. The molecule has 1 heterocycles. The molecule has 0 aromatic carbocycles. The highest BCUT2D eigenvalue weighted by Crippen LogP contribution is 2.27. The van der Waals surface area contributed by atoms with Gasteiger partial charge in [0.05, 0.1) is 17.6 Å². The van der Waals surface area contributed by atoms with E-state index >= 15 is 0 Å². The maximum atomic E-state index is 10.8. The highest BCUT2D eigenvalue weighted by molar-refractivity contribution is 7.17. The van der Waals surface area contributed by atoms with E-state index in [0.29, 0.717) is 11.5 Å². The number of thiophene rings is 1. The molecule has 0 saturated heterocycles. The Kier molecular flexibility index (Phi) is 4.76. The van der Waals surface area contributed by atoms with E-state index in [2.05, 4.69) is 11.8 Å². The number of methoxy groups -OCH3 is 1. The summed E-state index contributed by atoms with van der Waals surface area (Å²) in [7, 11) is 1.67. The molecule has 0 bridgehead atoms. The van der Waals surface area contributed by atoms with Gasteiger partial charge in [0.2, 0.25) is 0 Å². The number of ether oxygens (including phenoxy) is 1. The van der Waals surface area contributed by atoms with Crippen LogP contribution in [0.3, 0.4) is 0 Å². The molecule has 0 aliphatic heterocycles. The standard InChI is InChI=1S/C11H17NO3S/c1-4-12(8(2)7-15-3)10-6-5-9(16-10)11(13)14/h5-6,8H,4,7H2,1-3H3,(H,13,14). The third-order valence-electron chi connectivity index (χ3n) is 2.37. The highest BCUT2D eigenvalue weighted by atomic mass is 32.1. The molecule has 1 atom stereocenters. The SMILES string of the molecule is CCN(c1ccc(C(=O)O)s1)C(C)COC. The number of carboxylic acids is 1. The van der Waals surface area contributed by atoms with Gasteiger partial charge in [0.25, 0.3) is 0 Å². The first-order valence-corrected chi connectivity index (χ1v) is 6.00. The molecule has 0 radical (unpaired) electrons. The van der Waals surface area contributed by atoms with Gasteiger partial charge in [-0.05, 0) is 26.0 Å². The van der Waals surface area contributed by atoms with Crippen molar-refractivity contribution in [1.82, 2.24) is 0 Å². The van der Waals surface area contributed by atoms with Crippen LogP contribution in [-0.4, -0.2) is 37.4 Å². The Hall–Kier alpha value is -1.07. The number of carbonyl (C=O) groups is 1. The summed E-state index contributed by atoms with van der Waals surface area (Å²) in [6, 6.07) is 3.74. The van der Waals surface area contributed by atoms with Gasteiger partial charge in [0, 0.05) is 13.7 Å². The third-order valence-corrected chi connectivity index (χ3v) is 3.48. The van der Waals surface area contributed by atoms with Gasteiger partial charge in [-0.2, -0.15) is 0 Å². The van der Waals surface area contributed by atoms with E-state index in [1.165, 1.54) is 11.3 Å². The minimum atomic E-state index is -0.869. The quantitative estimate of drug-likeness (QED) is 0.833. The molecule has 1 rings (SSSR count). The molecule has 0 fully saturated rings. The van der Waals surface area contributed by atoms with Gasteiger partial charge in [-0.15, -0.1) is 11.3 Å². The van der Waals surface area contributed by atoms with Crippen molar-refractivity contribution in [1.29, 1.82) is 0 Å². The fourth-order valence-corrected chi connectivity index (χ4v) is 2.62. The summed E-state index contributed by atoms with van der Waals surface area (Å²) in [5.41, 5.74) is 0. The van der Waals surface area contributed by atoms with Gasteiger partial charge in [-0.1, -0.05) is 0 Å². The Morgan fingerprint density at radius 3 is 2.75 bits per heavy atom. The van der Waals surface area contributed by atoms with Gasteiger partial charge < -0.3 is 14.7 Å². The summed E-state index contributed by atoms with van der Waals surface area (Å²) in [6.07, 6.45) is 0. The topological polar surface area (TPSA) is 49.8 Å². The van der Waals surface area contributed by atoms with Crippen molar-refractivity contribution in [3.63, 3.8) is 0 Å². The maximum Gasteiger partial charge on any atom is 0.345 e. The lowest BCUT2D eigenvalue weighted by molar-refractivity contribution is 0.0702. The number of likely N-dealkylation sites (N-methyl/N-ethyl adjacent to an activating group) is 1. The minimum absolute atomic E-state index is 0.246. The van der Waals surface area contributed by atoms with Gasteiger partial charge in [0.1, 0.15) is 4.88 Å². The van der Waals surface area contributed by atoms with Crippen molar-refractivity contribution >= 4 is 22.3 Å². The molecule has 90 valence electrons. The molecule has 5 heteroatoms. The predicted octanol–water partition coefficient (Wildman–Crippen LogP) is 2.31. The second kappa shape index (κ2) is 5.86. The highest BCUT2D eigenvalue weighted by Gasteiger charge is 2.16. The zero-order chi connectivity index (χ0) is 12.1. The molecule has 0 aliphatic carbocycles. The molecule has 1 aromatic rings. The fourth-order valence-electron chi connectivity index (χ4n) is 1.61. The Labute approximate surface area is 99.5 Å². The second-order valence-corrected chi connectivity index (χ2v) is 4.60. The normalized spacial score (nSPS) is 12.4. The van der Waals surface area contributed by atoms with E-state index in [1.807, 2.05) is 13.0 Å². The summed E-state index contributed by atoms with van der Waals surface area (Å²) in [5.74, 6) is -0.869. The van der Waals surface area contributed by atoms with Gasteiger partial charge >= 0.3 is 5.97 Å². The number of aromatic carboxylic acids is 1. The Morgan fingerprint density at radius 2 is 2.31 bits per heavy atom. The van der Waals surface area contributed by atoms with Gasteiger partial charge in [-0.25, -0.2) is 4.79 Å². The van der Waals surface area contributed by atoms with Crippen LogP contribution in [-0.2, 0) is 4.74 Å². The number of nitrogens with zero attached hydrogens (tertiary/aromatic N) is 1. The van der Waals surface area contributed by atoms with Crippen molar-refractivity contribution in [3.8, 4) is 0 Å². The van der Waals surface area contributed by atoms with Crippen LogP contribution in [0.25, 0.3) is 0 Å². The molecule has 1 N–H and O–H groups in total. The molecule has 0 amide bonds. The van der Waals surface area contributed by atoms with E-state index in [4.69, 9.17) is 9.84 Å². The zero-order valence-corrected chi connectivity index (χ0v) is 10.6. The Balaban J connectivity index is 2.82. The molecule has 0 aliphatic rings.